The Kier molecular flexibility index (Phi) is 10.4. The lowest BCUT2D eigenvalue weighted by molar-refractivity contribution is -0.132. The van der Waals surface area contributed by atoms with Gasteiger partial charge in [0, 0.05) is 39.8 Å². The molecule has 1 aromatic rings. The van der Waals surface area contributed by atoms with Gasteiger partial charge in [-0.15, -0.1) is 24.0 Å². The van der Waals surface area contributed by atoms with Crippen LogP contribution in [-0.4, -0.2) is 54.9 Å². The van der Waals surface area contributed by atoms with E-state index in [1.807, 2.05) is 12.1 Å². The first kappa shape index (κ1) is 24.0. The van der Waals surface area contributed by atoms with Crippen LogP contribution in [0.5, 0.6) is 0 Å². The largest absolute Gasteiger partial charge is 0.393 e. The van der Waals surface area contributed by atoms with Crippen LogP contribution in [0.1, 0.15) is 30.4 Å². The second-order valence-electron chi connectivity index (χ2n) is 6.54. The van der Waals surface area contributed by atoms with E-state index in [-0.39, 0.29) is 36.6 Å². The number of halogens is 4. The van der Waals surface area contributed by atoms with Gasteiger partial charge in [-0.3, -0.25) is 9.89 Å². The van der Waals surface area contributed by atoms with Gasteiger partial charge in [-0.25, -0.2) is 0 Å². The summed E-state index contributed by atoms with van der Waals surface area (Å²) >= 11 is 0. The van der Waals surface area contributed by atoms with Crippen molar-refractivity contribution in [3.8, 4) is 0 Å². The molecule has 0 radical (unpaired) electrons. The molecule has 0 bridgehead atoms. The maximum absolute atomic E-state index is 12.2. The molecule has 0 spiro atoms. The molecule has 5 nitrogen and oxygen atoms in total. The van der Waals surface area contributed by atoms with E-state index in [1.54, 1.807) is 0 Å². The molecular weight excluding hydrogens is 472 g/mol. The van der Waals surface area contributed by atoms with Crippen LogP contribution in [0.4, 0.5) is 13.2 Å². The van der Waals surface area contributed by atoms with Crippen molar-refractivity contribution < 1.29 is 18.3 Å². The molecule has 0 aliphatic carbocycles. The summed E-state index contributed by atoms with van der Waals surface area (Å²) in [6.45, 7) is 2.96. The zero-order valence-corrected chi connectivity index (χ0v) is 17.8. The van der Waals surface area contributed by atoms with Crippen LogP contribution in [0.25, 0.3) is 0 Å². The van der Waals surface area contributed by atoms with Crippen molar-refractivity contribution in [1.29, 1.82) is 0 Å². The smallest absolute Gasteiger partial charge is 0.390 e. The maximum atomic E-state index is 12.2. The summed E-state index contributed by atoms with van der Waals surface area (Å²) in [5, 5.41) is 15.2. The number of likely N-dealkylation sites (tertiary alicyclic amines) is 1. The van der Waals surface area contributed by atoms with E-state index in [0.717, 1.165) is 38.0 Å². The summed E-state index contributed by atoms with van der Waals surface area (Å²) < 4.78 is 36.5. The third kappa shape index (κ3) is 9.61. The minimum atomic E-state index is -4.17. The third-order valence-electron chi connectivity index (χ3n) is 4.37. The molecule has 1 aromatic carbocycles. The van der Waals surface area contributed by atoms with Crippen LogP contribution >= 0.6 is 24.0 Å². The normalized spacial score (nSPS) is 16.7. The first-order chi connectivity index (χ1) is 12.4. The summed E-state index contributed by atoms with van der Waals surface area (Å²) in [5.41, 5.74) is 2.24. The van der Waals surface area contributed by atoms with E-state index in [2.05, 4.69) is 32.7 Å². The van der Waals surface area contributed by atoms with Crippen LogP contribution in [0.15, 0.2) is 29.3 Å². The highest BCUT2D eigenvalue weighted by Gasteiger charge is 2.26. The molecule has 1 aliphatic rings. The van der Waals surface area contributed by atoms with Gasteiger partial charge in [-0.1, -0.05) is 24.3 Å². The summed E-state index contributed by atoms with van der Waals surface area (Å²) in [7, 11) is 1.53. The highest BCUT2D eigenvalue weighted by atomic mass is 127. The lowest BCUT2D eigenvalue weighted by Gasteiger charge is -2.29. The molecule has 154 valence electrons. The van der Waals surface area contributed by atoms with Gasteiger partial charge in [0.25, 0.3) is 0 Å². The van der Waals surface area contributed by atoms with Crippen molar-refractivity contribution in [3.05, 3.63) is 35.4 Å². The lowest BCUT2D eigenvalue weighted by atomic mass is 10.1. The van der Waals surface area contributed by atoms with E-state index >= 15 is 0 Å². The quantitative estimate of drug-likeness (QED) is 0.320. The predicted octanol–water partition coefficient (Wildman–Crippen LogP) is 2.88. The minimum absolute atomic E-state index is 0. The van der Waals surface area contributed by atoms with Crippen LogP contribution < -0.4 is 10.6 Å². The molecule has 0 amide bonds. The van der Waals surface area contributed by atoms with Gasteiger partial charge in [-0.05, 0) is 24.0 Å². The summed E-state index contributed by atoms with van der Waals surface area (Å²) in [6.07, 6.45) is -3.59. The Hall–Kier alpha value is -1.07. The molecule has 0 saturated carbocycles. The Labute approximate surface area is 175 Å². The number of rotatable bonds is 6. The van der Waals surface area contributed by atoms with Crippen LogP contribution in [0.2, 0.25) is 0 Å². The zero-order valence-electron chi connectivity index (χ0n) is 15.4. The second kappa shape index (κ2) is 11.7. The fraction of sp³-hybridized carbons (Fsp3) is 0.611. The molecule has 0 unspecified atom stereocenters. The molecule has 2 rings (SSSR count). The van der Waals surface area contributed by atoms with Gasteiger partial charge in [-0.2, -0.15) is 13.2 Å². The lowest BCUT2D eigenvalue weighted by Crippen LogP contribution is -2.38. The van der Waals surface area contributed by atoms with Gasteiger partial charge < -0.3 is 15.7 Å². The number of aliphatic imine (C=N–C) groups is 1. The Morgan fingerprint density at radius 3 is 2.30 bits per heavy atom. The highest BCUT2D eigenvalue weighted by Crippen LogP contribution is 2.18. The number of benzene rings is 1. The number of nitrogens with one attached hydrogen (secondary N) is 2. The number of guanidine groups is 1. The van der Waals surface area contributed by atoms with E-state index in [1.165, 1.54) is 12.6 Å². The zero-order chi connectivity index (χ0) is 19.0. The molecule has 0 aromatic heterocycles. The van der Waals surface area contributed by atoms with Crippen LogP contribution in [0, 0.1) is 0 Å². The molecule has 27 heavy (non-hydrogen) atoms. The van der Waals surface area contributed by atoms with Crippen molar-refractivity contribution >= 4 is 29.9 Å². The Morgan fingerprint density at radius 1 is 1.15 bits per heavy atom. The monoisotopic (exact) mass is 500 g/mol. The first-order valence-corrected chi connectivity index (χ1v) is 8.85. The number of nitrogens with zero attached hydrogens (tertiary/aromatic N) is 2. The Bertz CT molecular complexity index is 573. The Balaban J connectivity index is 0.00000364. The number of aliphatic hydroxyl groups excluding tert-OH is 1. The molecule has 9 heteroatoms. The third-order valence-corrected chi connectivity index (χ3v) is 4.37. The van der Waals surface area contributed by atoms with Crippen molar-refractivity contribution in [3.63, 3.8) is 0 Å². The molecule has 1 fully saturated rings. The molecule has 3 N–H and O–H groups in total. The number of piperidine rings is 1. The van der Waals surface area contributed by atoms with Gasteiger partial charge in [0.1, 0.15) is 0 Å². The topological polar surface area (TPSA) is 59.9 Å². The molecular formula is C18H28F3IN4O. The maximum Gasteiger partial charge on any atom is 0.390 e. The van der Waals surface area contributed by atoms with Gasteiger partial charge >= 0.3 is 6.18 Å². The average Bonchev–Trinajstić information content (AvgIpc) is 2.60. The van der Waals surface area contributed by atoms with E-state index in [4.69, 9.17) is 0 Å². The standard InChI is InChI=1S/C18H27F3N4O.HI/c1-22-17(23-9-8-18(19,20)21)24-12-14-2-4-15(5-3-14)13-25-10-6-16(26)7-11-25;/h2-5,16,26H,6-13H2,1H3,(H2,22,23,24);1H. The first-order valence-electron chi connectivity index (χ1n) is 8.85. The van der Waals surface area contributed by atoms with Crippen molar-refractivity contribution in [2.24, 2.45) is 4.99 Å². The van der Waals surface area contributed by atoms with Gasteiger partial charge in [0.05, 0.1) is 12.5 Å². The fourth-order valence-corrected chi connectivity index (χ4v) is 2.83. The molecule has 1 saturated heterocycles. The molecule has 1 aliphatic heterocycles. The number of alkyl halides is 3. The van der Waals surface area contributed by atoms with Gasteiger partial charge in [0.15, 0.2) is 5.96 Å². The molecule has 1 heterocycles. The predicted molar refractivity (Wildman–Crippen MR) is 111 cm³/mol. The Morgan fingerprint density at radius 2 is 1.74 bits per heavy atom. The summed E-state index contributed by atoms with van der Waals surface area (Å²) in [4.78, 5) is 6.25. The fourth-order valence-electron chi connectivity index (χ4n) is 2.83. The average molecular weight is 500 g/mol. The van der Waals surface area contributed by atoms with E-state index < -0.39 is 12.6 Å². The summed E-state index contributed by atoms with van der Waals surface area (Å²) in [6, 6.07) is 8.12. The van der Waals surface area contributed by atoms with Crippen molar-refractivity contribution in [2.75, 3.05) is 26.7 Å². The van der Waals surface area contributed by atoms with E-state index in [9.17, 15) is 18.3 Å². The van der Waals surface area contributed by atoms with Crippen LogP contribution in [0.3, 0.4) is 0 Å². The van der Waals surface area contributed by atoms with Crippen LogP contribution in [-0.2, 0) is 13.1 Å². The highest BCUT2D eigenvalue weighted by molar-refractivity contribution is 14.0. The molecule has 0 atom stereocenters. The van der Waals surface area contributed by atoms with Gasteiger partial charge in [0.2, 0.25) is 0 Å². The van der Waals surface area contributed by atoms with Crippen molar-refractivity contribution in [1.82, 2.24) is 15.5 Å². The SMILES string of the molecule is CN=C(NCCC(F)(F)F)NCc1ccc(CN2CCC(O)CC2)cc1.I. The minimum Gasteiger partial charge on any atom is -0.393 e. The number of hydrogen-bond donors (Lipinski definition) is 3. The number of hydrogen-bond acceptors (Lipinski definition) is 3. The summed E-state index contributed by atoms with van der Waals surface area (Å²) in [5.74, 6) is 0.352. The second-order valence-corrected chi connectivity index (χ2v) is 6.54. The number of aliphatic hydroxyl groups is 1. The van der Waals surface area contributed by atoms with Crippen molar-refractivity contribution in [2.45, 2.75) is 44.6 Å². The van der Waals surface area contributed by atoms with E-state index in [0.29, 0.717) is 12.5 Å².